The van der Waals surface area contributed by atoms with E-state index in [4.69, 9.17) is 4.74 Å². The van der Waals surface area contributed by atoms with Crippen molar-refractivity contribution in [2.24, 2.45) is 10.8 Å². The van der Waals surface area contributed by atoms with Gasteiger partial charge in [-0.2, -0.15) is 26.3 Å². The maximum atomic E-state index is 12.3. The smallest absolute Gasteiger partial charge is 0.422 e. The summed E-state index contributed by atoms with van der Waals surface area (Å²) in [5.41, 5.74) is -2.95. The maximum absolute atomic E-state index is 12.3. The van der Waals surface area contributed by atoms with Gasteiger partial charge in [0.1, 0.15) is 0 Å². The Kier molecular flexibility index (Phi) is 8.99. The number of esters is 3. The molecule has 0 aliphatic carbocycles. The molecule has 6 nitrogen and oxygen atoms in total. The molecule has 0 spiro atoms. The van der Waals surface area contributed by atoms with Gasteiger partial charge < -0.3 is 14.2 Å². The molecule has 170 valence electrons. The lowest BCUT2D eigenvalue weighted by molar-refractivity contribution is -0.198. The van der Waals surface area contributed by atoms with Gasteiger partial charge in [0.2, 0.25) is 0 Å². The minimum absolute atomic E-state index is 0.0313. The highest BCUT2D eigenvalue weighted by Crippen LogP contribution is 2.39. The molecule has 0 aliphatic rings. The van der Waals surface area contributed by atoms with E-state index in [0.717, 1.165) is 6.92 Å². The summed E-state index contributed by atoms with van der Waals surface area (Å²) in [6, 6.07) is 0. The molecule has 0 N–H and O–H groups in total. The molecule has 0 aliphatic heterocycles. The summed E-state index contributed by atoms with van der Waals surface area (Å²) in [7, 11) is 0. The van der Waals surface area contributed by atoms with Gasteiger partial charge in [-0.15, -0.1) is 0 Å². The Morgan fingerprint density at radius 3 is 1.69 bits per heavy atom. The first kappa shape index (κ1) is 27.0. The molecule has 0 aromatic carbocycles. The van der Waals surface area contributed by atoms with Crippen LogP contribution in [0.1, 0.15) is 47.5 Å². The summed E-state index contributed by atoms with van der Waals surface area (Å²) in [6.07, 6.45) is -11.4. The van der Waals surface area contributed by atoms with E-state index in [-0.39, 0.29) is 12.8 Å². The zero-order valence-corrected chi connectivity index (χ0v) is 16.6. The van der Waals surface area contributed by atoms with Gasteiger partial charge in [0.05, 0.1) is 10.8 Å². The highest BCUT2D eigenvalue weighted by atomic mass is 19.4. The molecule has 0 bridgehead atoms. The van der Waals surface area contributed by atoms with Crippen LogP contribution in [0.2, 0.25) is 0 Å². The van der Waals surface area contributed by atoms with Crippen LogP contribution in [0.25, 0.3) is 0 Å². The van der Waals surface area contributed by atoms with Crippen molar-refractivity contribution in [3.8, 4) is 0 Å². The molecule has 2 atom stereocenters. The fraction of sp³-hybridized carbons (Fsp3) is 0.824. The van der Waals surface area contributed by atoms with E-state index in [1.54, 1.807) is 0 Å². The molecule has 0 heterocycles. The first-order valence-corrected chi connectivity index (χ1v) is 8.51. The predicted octanol–water partition coefficient (Wildman–Crippen LogP) is 3.96. The highest BCUT2D eigenvalue weighted by molar-refractivity contribution is 5.83. The Morgan fingerprint density at radius 1 is 0.828 bits per heavy atom. The molecule has 0 saturated carbocycles. The molecular weight excluding hydrogens is 414 g/mol. The van der Waals surface area contributed by atoms with Crippen molar-refractivity contribution in [3.63, 3.8) is 0 Å². The summed E-state index contributed by atoms with van der Waals surface area (Å²) in [6.45, 7) is 2.81. The third kappa shape index (κ3) is 9.84. The Balaban J connectivity index is 5.04. The van der Waals surface area contributed by atoms with Crippen molar-refractivity contribution >= 4 is 17.9 Å². The fourth-order valence-electron chi connectivity index (χ4n) is 2.35. The van der Waals surface area contributed by atoms with Gasteiger partial charge in [-0.1, -0.05) is 6.92 Å². The Labute approximate surface area is 163 Å². The van der Waals surface area contributed by atoms with E-state index in [9.17, 15) is 40.7 Å². The van der Waals surface area contributed by atoms with Crippen LogP contribution in [-0.2, 0) is 28.6 Å². The van der Waals surface area contributed by atoms with E-state index in [2.05, 4.69) is 9.47 Å². The third-order valence-corrected chi connectivity index (χ3v) is 4.02. The normalized spacial score (nSPS) is 15.8. The lowest BCUT2D eigenvalue weighted by Gasteiger charge is -2.34. The van der Waals surface area contributed by atoms with Crippen LogP contribution < -0.4 is 0 Å². The Bertz CT molecular complexity index is 598. The molecule has 29 heavy (non-hydrogen) atoms. The van der Waals surface area contributed by atoms with Crippen LogP contribution in [0.15, 0.2) is 0 Å². The SMILES string of the molecule is CCC(C)(CC(C)(C)C(=O)OC(C)C(=O)OCC(F)(F)F)C(=O)OCC(F)(F)F. The van der Waals surface area contributed by atoms with Crippen molar-refractivity contribution in [2.75, 3.05) is 13.2 Å². The monoisotopic (exact) mass is 438 g/mol. The van der Waals surface area contributed by atoms with E-state index < -0.39 is 60.4 Å². The fourth-order valence-corrected chi connectivity index (χ4v) is 2.35. The Hall–Kier alpha value is -2.01. The summed E-state index contributed by atoms with van der Waals surface area (Å²) in [4.78, 5) is 35.9. The molecule has 0 saturated heterocycles. The second-order valence-electron chi connectivity index (χ2n) is 7.44. The average Bonchev–Trinajstić information content (AvgIpc) is 2.55. The first-order valence-electron chi connectivity index (χ1n) is 8.51. The largest absolute Gasteiger partial charge is 0.456 e. The molecular formula is C17H24F6O6. The van der Waals surface area contributed by atoms with Crippen molar-refractivity contribution < 1.29 is 54.9 Å². The van der Waals surface area contributed by atoms with Crippen molar-refractivity contribution in [1.82, 2.24) is 0 Å². The number of ether oxygens (including phenoxy) is 3. The van der Waals surface area contributed by atoms with E-state index in [0.29, 0.717) is 0 Å². The van der Waals surface area contributed by atoms with Crippen molar-refractivity contribution in [1.29, 1.82) is 0 Å². The second kappa shape index (κ2) is 9.66. The lowest BCUT2D eigenvalue weighted by atomic mass is 9.72. The molecule has 0 fully saturated rings. The quantitative estimate of drug-likeness (QED) is 0.308. The molecule has 2 unspecified atom stereocenters. The number of halogens is 6. The average molecular weight is 438 g/mol. The first-order chi connectivity index (χ1) is 12.8. The number of rotatable bonds is 9. The molecule has 0 rings (SSSR count). The number of hydrogen-bond donors (Lipinski definition) is 0. The lowest BCUT2D eigenvalue weighted by Crippen LogP contribution is -2.41. The van der Waals surface area contributed by atoms with Crippen LogP contribution >= 0.6 is 0 Å². The zero-order valence-electron chi connectivity index (χ0n) is 16.6. The number of hydrogen-bond acceptors (Lipinski definition) is 6. The summed E-state index contributed by atoms with van der Waals surface area (Å²) in [5, 5.41) is 0. The minimum atomic E-state index is -4.75. The second-order valence-corrected chi connectivity index (χ2v) is 7.44. The molecule has 12 heteroatoms. The topological polar surface area (TPSA) is 78.9 Å². The van der Waals surface area contributed by atoms with Gasteiger partial charge in [0, 0.05) is 0 Å². The van der Waals surface area contributed by atoms with Gasteiger partial charge in [0.25, 0.3) is 0 Å². The van der Waals surface area contributed by atoms with Gasteiger partial charge in [0.15, 0.2) is 19.3 Å². The van der Waals surface area contributed by atoms with Crippen LogP contribution in [0.3, 0.4) is 0 Å². The van der Waals surface area contributed by atoms with Gasteiger partial charge in [-0.25, -0.2) is 4.79 Å². The standard InChI is InChI=1S/C17H24F6O6/c1-6-15(5,13(26)28-9-17(21,22)23)7-14(3,4)12(25)29-10(2)11(24)27-8-16(18,19)20/h10H,6-9H2,1-5H3. The summed E-state index contributed by atoms with van der Waals surface area (Å²) >= 11 is 0. The van der Waals surface area contributed by atoms with E-state index in [1.807, 2.05) is 0 Å². The number of carbonyl (C=O) groups is 3. The van der Waals surface area contributed by atoms with Crippen molar-refractivity contribution in [3.05, 3.63) is 0 Å². The highest BCUT2D eigenvalue weighted by Gasteiger charge is 2.45. The number of carbonyl (C=O) groups excluding carboxylic acids is 3. The van der Waals surface area contributed by atoms with Crippen LogP contribution in [-0.4, -0.2) is 49.6 Å². The molecule has 0 amide bonds. The maximum Gasteiger partial charge on any atom is 0.422 e. The third-order valence-electron chi connectivity index (χ3n) is 4.02. The van der Waals surface area contributed by atoms with Crippen LogP contribution in [0.4, 0.5) is 26.3 Å². The van der Waals surface area contributed by atoms with E-state index in [1.165, 1.54) is 27.7 Å². The van der Waals surface area contributed by atoms with Gasteiger partial charge in [-0.3, -0.25) is 9.59 Å². The summed E-state index contributed by atoms with van der Waals surface area (Å²) in [5.74, 6) is -3.64. The zero-order chi connectivity index (χ0) is 23.3. The van der Waals surface area contributed by atoms with Gasteiger partial charge >= 0.3 is 30.3 Å². The predicted molar refractivity (Wildman–Crippen MR) is 86.4 cm³/mol. The summed E-state index contributed by atoms with van der Waals surface area (Å²) < 4.78 is 86.1. The van der Waals surface area contributed by atoms with E-state index >= 15 is 0 Å². The molecule has 0 aromatic heterocycles. The number of alkyl halides is 6. The minimum Gasteiger partial charge on any atom is -0.456 e. The van der Waals surface area contributed by atoms with Crippen molar-refractivity contribution in [2.45, 2.75) is 65.9 Å². The molecule has 0 aromatic rings. The van der Waals surface area contributed by atoms with Gasteiger partial charge in [-0.05, 0) is 40.5 Å². The molecule has 0 radical (unpaired) electrons. The van der Waals surface area contributed by atoms with Crippen LogP contribution in [0, 0.1) is 10.8 Å². The Morgan fingerprint density at radius 2 is 1.28 bits per heavy atom. The van der Waals surface area contributed by atoms with Crippen LogP contribution in [0.5, 0.6) is 0 Å².